The van der Waals surface area contributed by atoms with Gasteiger partial charge in [0, 0.05) is 34.0 Å². The first kappa shape index (κ1) is 27.5. The molecular formula is C26H34N4O5. The predicted molar refractivity (Wildman–Crippen MR) is 132 cm³/mol. The lowest BCUT2D eigenvalue weighted by Gasteiger charge is -2.33. The summed E-state index contributed by atoms with van der Waals surface area (Å²) in [5.74, 6) is -1.61. The molecule has 3 atom stereocenters. The van der Waals surface area contributed by atoms with Gasteiger partial charge in [0.1, 0.15) is 18.1 Å². The highest BCUT2D eigenvalue weighted by Crippen LogP contribution is 2.13. The maximum absolute atomic E-state index is 13.1. The molecule has 9 nitrogen and oxygen atoms in total. The van der Waals surface area contributed by atoms with Crippen LogP contribution in [0.15, 0.2) is 60.7 Å². The van der Waals surface area contributed by atoms with Gasteiger partial charge in [-0.25, -0.2) is 0 Å². The highest BCUT2D eigenvalue weighted by atomic mass is 16.2. The molecule has 0 saturated carbocycles. The molecule has 0 spiro atoms. The van der Waals surface area contributed by atoms with Crippen LogP contribution in [0.5, 0.6) is 0 Å². The van der Waals surface area contributed by atoms with Crippen molar-refractivity contribution in [3.05, 3.63) is 71.8 Å². The second-order valence-corrected chi connectivity index (χ2v) is 8.31. The number of likely N-dealkylation sites (N-methyl/N-ethyl adjacent to an activating group) is 2. The Morgan fingerprint density at radius 1 is 0.771 bits per heavy atom. The number of nitrogens with zero attached hydrogens (tertiary/aromatic N) is 2. The van der Waals surface area contributed by atoms with Crippen LogP contribution >= 0.6 is 0 Å². The Bertz CT molecular complexity index is 960. The van der Waals surface area contributed by atoms with E-state index in [1.54, 1.807) is 14.0 Å². The second kappa shape index (κ2) is 13.2. The van der Waals surface area contributed by atoms with Crippen molar-refractivity contribution in [2.75, 3.05) is 27.7 Å². The molecule has 4 amide bonds. The molecule has 1 aliphatic rings. The van der Waals surface area contributed by atoms with Gasteiger partial charge in [0.25, 0.3) is 0 Å². The fourth-order valence-electron chi connectivity index (χ4n) is 3.90. The van der Waals surface area contributed by atoms with E-state index in [-0.39, 0.29) is 31.2 Å². The van der Waals surface area contributed by atoms with Crippen molar-refractivity contribution in [1.29, 1.82) is 0 Å². The third-order valence-corrected chi connectivity index (χ3v) is 5.97. The Hall–Kier alpha value is -3.72. The van der Waals surface area contributed by atoms with Crippen LogP contribution in [0.2, 0.25) is 0 Å². The quantitative estimate of drug-likeness (QED) is 0.582. The average molecular weight is 483 g/mol. The van der Waals surface area contributed by atoms with Crippen molar-refractivity contribution < 1.29 is 24.3 Å². The van der Waals surface area contributed by atoms with E-state index in [2.05, 4.69) is 10.6 Å². The minimum atomic E-state index is -0.866. The molecule has 0 aliphatic carbocycles. The van der Waals surface area contributed by atoms with Crippen molar-refractivity contribution >= 4 is 23.6 Å². The number of carbonyl (C=O) groups is 4. The number of rotatable bonds is 4. The van der Waals surface area contributed by atoms with Gasteiger partial charge in [-0.1, -0.05) is 60.7 Å². The SMILES string of the molecule is CO.C[C@@H]1NC(=O)[C@H](Cc2ccccc2)N(C)C(=O)CNC(=O)[C@@H](Cc2ccccc2)N(C)C1=O. The van der Waals surface area contributed by atoms with E-state index in [1.165, 1.54) is 16.8 Å². The topological polar surface area (TPSA) is 119 Å². The Kier molecular flexibility index (Phi) is 10.4. The third-order valence-electron chi connectivity index (χ3n) is 5.97. The highest BCUT2D eigenvalue weighted by molar-refractivity contribution is 5.96. The predicted octanol–water partition coefficient (Wildman–Crippen LogP) is 0.369. The molecule has 35 heavy (non-hydrogen) atoms. The van der Waals surface area contributed by atoms with E-state index in [0.29, 0.717) is 0 Å². The molecule has 2 aromatic rings. The summed E-state index contributed by atoms with van der Waals surface area (Å²) in [6.45, 7) is 1.32. The third kappa shape index (κ3) is 7.38. The zero-order chi connectivity index (χ0) is 26.0. The molecule has 188 valence electrons. The normalized spacial score (nSPS) is 21.7. The number of nitrogens with one attached hydrogen (secondary N) is 2. The number of hydrogen-bond donors (Lipinski definition) is 3. The van der Waals surface area contributed by atoms with E-state index in [4.69, 9.17) is 5.11 Å². The molecule has 0 bridgehead atoms. The molecule has 0 aromatic heterocycles. The zero-order valence-corrected chi connectivity index (χ0v) is 20.6. The Morgan fingerprint density at radius 3 is 1.71 bits per heavy atom. The minimum Gasteiger partial charge on any atom is -0.400 e. The van der Waals surface area contributed by atoms with Crippen LogP contribution in [-0.2, 0) is 32.0 Å². The van der Waals surface area contributed by atoms with Gasteiger partial charge in [-0.2, -0.15) is 0 Å². The smallest absolute Gasteiger partial charge is 0.245 e. The monoisotopic (exact) mass is 482 g/mol. The lowest BCUT2D eigenvalue weighted by atomic mass is 10.0. The summed E-state index contributed by atoms with van der Waals surface area (Å²) in [7, 11) is 4.08. The second-order valence-electron chi connectivity index (χ2n) is 8.31. The molecule has 0 radical (unpaired) electrons. The number of aliphatic hydroxyl groups excluding tert-OH is 1. The van der Waals surface area contributed by atoms with Crippen molar-refractivity contribution in [3.63, 3.8) is 0 Å². The van der Waals surface area contributed by atoms with Gasteiger partial charge in [-0.3, -0.25) is 19.2 Å². The molecule has 2 aromatic carbocycles. The van der Waals surface area contributed by atoms with Crippen molar-refractivity contribution in [2.24, 2.45) is 0 Å². The summed E-state index contributed by atoms with van der Waals surface area (Å²) in [5, 5.41) is 12.4. The van der Waals surface area contributed by atoms with Crippen LogP contribution in [0.4, 0.5) is 0 Å². The van der Waals surface area contributed by atoms with Crippen LogP contribution in [0, 0.1) is 0 Å². The van der Waals surface area contributed by atoms with Gasteiger partial charge in [0.15, 0.2) is 0 Å². The van der Waals surface area contributed by atoms with Crippen LogP contribution < -0.4 is 10.6 Å². The van der Waals surface area contributed by atoms with E-state index in [0.717, 1.165) is 18.2 Å². The highest BCUT2D eigenvalue weighted by Gasteiger charge is 2.35. The Balaban J connectivity index is 0.00000210. The van der Waals surface area contributed by atoms with Gasteiger partial charge in [-0.15, -0.1) is 0 Å². The summed E-state index contributed by atoms with van der Waals surface area (Å²) in [4.78, 5) is 54.8. The average Bonchev–Trinajstić information content (AvgIpc) is 2.89. The first-order valence-electron chi connectivity index (χ1n) is 11.4. The number of benzene rings is 2. The van der Waals surface area contributed by atoms with Gasteiger partial charge < -0.3 is 25.5 Å². The maximum atomic E-state index is 13.1. The van der Waals surface area contributed by atoms with Crippen LogP contribution in [0.3, 0.4) is 0 Å². The van der Waals surface area contributed by atoms with Crippen molar-refractivity contribution in [1.82, 2.24) is 20.4 Å². The molecule has 1 aliphatic heterocycles. The summed E-state index contributed by atoms with van der Waals surface area (Å²) in [6, 6.07) is 16.2. The number of hydrogen-bond acceptors (Lipinski definition) is 5. The molecule has 9 heteroatoms. The lowest BCUT2D eigenvalue weighted by molar-refractivity contribution is -0.145. The Labute approximate surface area is 206 Å². The molecule has 1 fully saturated rings. The summed E-state index contributed by atoms with van der Waals surface area (Å²) in [5.41, 5.74) is 1.76. The zero-order valence-electron chi connectivity index (χ0n) is 20.6. The van der Waals surface area contributed by atoms with Gasteiger partial charge >= 0.3 is 0 Å². The summed E-state index contributed by atoms with van der Waals surface area (Å²) >= 11 is 0. The minimum absolute atomic E-state index is 0.267. The van der Waals surface area contributed by atoms with Crippen molar-refractivity contribution in [2.45, 2.75) is 37.9 Å². The molecular weight excluding hydrogens is 448 g/mol. The molecule has 3 N–H and O–H groups in total. The first-order valence-corrected chi connectivity index (χ1v) is 11.4. The van der Waals surface area contributed by atoms with E-state index in [1.807, 2.05) is 60.7 Å². The fraction of sp³-hybridized carbons (Fsp3) is 0.385. The standard InChI is InChI=1S/C25H30N4O4.CH4O/c1-17-25(33)29(3)20(14-18-10-6-4-7-11-18)23(31)26-16-22(30)28(2)21(24(32)27-17)15-19-12-8-5-9-13-19;1-2/h4-13,17,20-21H,14-16H2,1-3H3,(H,26,31)(H,27,32);2H,1H3/t17-,20+,21-;/m0./s1. The van der Waals surface area contributed by atoms with Gasteiger partial charge in [0.2, 0.25) is 23.6 Å². The van der Waals surface area contributed by atoms with Crippen LogP contribution in [-0.4, -0.2) is 84.4 Å². The molecule has 0 unspecified atom stereocenters. The number of carbonyl (C=O) groups excluding carboxylic acids is 4. The summed E-state index contributed by atoms with van der Waals surface area (Å²) in [6.07, 6.45) is 0.576. The first-order chi connectivity index (χ1) is 16.8. The van der Waals surface area contributed by atoms with E-state index < -0.39 is 29.9 Å². The fourth-order valence-corrected chi connectivity index (χ4v) is 3.90. The Morgan fingerprint density at radius 2 is 1.23 bits per heavy atom. The molecule has 1 saturated heterocycles. The van der Waals surface area contributed by atoms with E-state index >= 15 is 0 Å². The molecule has 3 rings (SSSR count). The van der Waals surface area contributed by atoms with Crippen LogP contribution in [0.1, 0.15) is 18.1 Å². The number of amides is 4. The largest absolute Gasteiger partial charge is 0.400 e. The maximum Gasteiger partial charge on any atom is 0.245 e. The molecule has 1 heterocycles. The van der Waals surface area contributed by atoms with Crippen LogP contribution in [0.25, 0.3) is 0 Å². The number of aliphatic hydroxyl groups is 1. The lowest BCUT2D eigenvalue weighted by Crippen LogP contribution is -2.59. The van der Waals surface area contributed by atoms with E-state index in [9.17, 15) is 19.2 Å². The van der Waals surface area contributed by atoms with Gasteiger partial charge in [0.05, 0.1) is 6.54 Å². The summed E-state index contributed by atoms with van der Waals surface area (Å²) < 4.78 is 0. The van der Waals surface area contributed by atoms with Gasteiger partial charge in [-0.05, 0) is 18.1 Å². The van der Waals surface area contributed by atoms with Crippen molar-refractivity contribution in [3.8, 4) is 0 Å².